The monoisotopic (exact) mass is 262 g/mol. The second-order valence-electron chi connectivity index (χ2n) is 4.48. The minimum Gasteiger partial charge on any atom is -0.380 e. The number of unbranched alkanes of at least 4 members (excludes halogenated alkanes) is 1. The fourth-order valence-electron chi connectivity index (χ4n) is 1.99. The van der Waals surface area contributed by atoms with Crippen molar-refractivity contribution < 1.29 is 9.66 Å². The lowest BCUT2D eigenvalue weighted by molar-refractivity contribution is -0.384. The first kappa shape index (κ1) is 13.5. The van der Waals surface area contributed by atoms with Crippen molar-refractivity contribution in [1.29, 1.82) is 0 Å². The van der Waals surface area contributed by atoms with Gasteiger partial charge < -0.3 is 9.30 Å². The Morgan fingerprint density at radius 2 is 2.16 bits per heavy atom. The first-order chi connectivity index (χ1) is 9.22. The summed E-state index contributed by atoms with van der Waals surface area (Å²) in [5.74, 6) is 0. The van der Waals surface area contributed by atoms with Crippen molar-refractivity contribution in [1.82, 2.24) is 4.57 Å². The molecule has 102 valence electrons. The van der Waals surface area contributed by atoms with Gasteiger partial charge in [-0.2, -0.15) is 0 Å². The molecular formula is C14H18N2O3. The standard InChI is InChI=1S/C14H18N2O3/c1-2-3-9-19-10-8-15-7-6-12-4-5-13(16(17)18)11-14(12)15/h4-7,11H,2-3,8-10H2,1H3. The average Bonchev–Trinajstić information content (AvgIpc) is 2.81. The van der Waals surface area contributed by atoms with Gasteiger partial charge in [-0.05, 0) is 18.6 Å². The van der Waals surface area contributed by atoms with Gasteiger partial charge in [0.1, 0.15) is 0 Å². The van der Waals surface area contributed by atoms with Crippen molar-refractivity contribution in [3.63, 3.8) is 0 Å². The van der Waals surface area contributed by atoms with Crippen LogP contribution in [0.15, 0.2) is 30.5 Å². The maximum Gasteiger partial charge on any atom is 0.271 e. The van der Waals surface area contributed by atoms with Crippen LogP contribution in [0.1, 0.15) is 19.8 Å². The molecule has 0 aliphatic carbocycles. The van der Waals surface area contributed by atoms with E-state index in [1.54, 1.807) is 12.1 Å². The molecule has 0 bridgehead atoms. The number of nitrogens with zero attached hydrogens (tertiary/aromatic N) is 2. The Labute approximate surface area is 111 Å². The Balaban J connectivity index is 2.06. The molecule has 0 aliphatic rings. The summed E-state index contributed by atoms with van der Waals surface area (Å²) in [5, 5.41) is 11.8. The van der Waals surface area contributed by atoms with Crippen LogP contribution in [-0.4, -0.2) is 22.7 Å². The molecule has 0 spiro atoms. The third-order valence-corrected chi connectivity index (χ3v) is 3.09. The molecule has 19 heavy (non-hydrogen) atoms. The Morgan fingerprint density at radius 1 is 1.32 bits per heavy atom. The van der Waals surface area contributed by atoms with Gasteiger partial charge in [-0.25, -0.2) is 0 Å². The third kappa shape index (κ3) is 3.32. The molecule has 1 aromatic carbocycles. The van der Waals surface area contributed by atoms with Gasteiger partial charge in [0, 0.05) is 36.9 Å². The van der Waals surface area contributed by atoms with Crippen molar-refractivity contribution in [3.8, 4) is 0 Å². The van der Waals surface area contributed by atoms with E-state index in [4.69, 9.17) is 4.74 Å². The molecule has 0 fully saturated rings. The number of fused-ring (bicyclic) bond motifs is 1. The maximum absolute atomic E-state index is 10.8. The topological polar surface area (TPSA) is 57.3 Å². The molecule has 0 saturated heterocycles. The van der Waals surface area contributed by atoms with E-state index in [1.807, 2.05) is 16.8 Å². The van der Waals surface area contributed by atoms with Crippen LogP contribution in [0.5, 0.6) is 0 Å². The normalized spacial score (nSPS) is 11.0. The minimum absolute atomic E-state index is 0.124. The van der Waals surface area contributed by atoms with Gasteiger partial charge >= 0.3 is 0 Å². The molecule has 2 rings (SSSR count). The lowest BCUT2D eigenvalue weighted by atomic mass is 10.2. The number of rotatable bonds is 7. The molecule has 1 heterocycles. The highest BCUT2D eigenvalue weighted by atomic mass is 16.6. The summed E-state index contributed by atoms with van der Waals surface area (Å²) in [6.07, 6.45) is 4.13. The zero-order valence-electron chi connectivity index (χ0n) is 11.0. The number of hydrogen-bond donors (Lipinski definition) is 0. The van der Waals surface area contributed by atoms with Crippen molar-refractivity contribution >= 4 is 16.6 Å². The first-order valence-corrected chi connectivity index (χ1v) is 6.53. The van der Waals surface area contributed by atoms with Gasteiger partial charge in [-0.3, -0.25) is 10.1 Å². The van der Waals surface area contributed by atoms with Crippen LogP contribution in [0.25, 0.3) is 10.9 Å². The molecule has 2 aromatic rings. The summed E-state index contributed by atoms with van der Waals surface area (Å²) in [6.45, 7) is 4.25. The Morgan fingerprint density at radius 3 is 2.89 bits per heavy atom. The maximum atomic E-state index is 10.8. The Hall–Kier alpha value is -1.88. The van der Waals surface area contributed by atoms with E-state index in [9.17, 15) is 10.1 Å². The minimum atomic E-state index is -0.367. The van der Waals surface area contributed by atoms with Crippen LogP contribution in [0, 0.1) is 10.1 Å². The van der Waals surface area contributed by atoms with Crippen LogP contribution in [-0.2, 0) is 11.3 Å². The molecule has 5 nitrogen and oxygen atoms in total. The highest BCUT2D eigenvalue weighted by Crippen LogP contribution is 2.21. The smallest absolute Gasteiger partial charge is 0.271 e. The molecule has 5 heteroatoms. The fourth-order valence-corrected chi connectivity index (χ4v) is 1.99. The van der Waals surface area contributed by atoms with Crippen molar-refractivity contribution in [3.05, 3.63) is 40.6 Å². The summed E-state index contributed by atoms with van der Waals surface area (Å²) < 4.78 is 7.51. The molecule has 0 radical (unpaired) electrons. The average molecular weight is 262 g/mol. The van der Waals surface area contributed by atoms with E-state index >= 15 is 0 Å². The van der Waals surface area contributed by atoms with E-state index in [1.165, 1.54) is 6.07 Å². The predicted molar refractivity (Wildman–Crippen MR) is 74.3 cm³/mol. The van der Waals surface area contributed by atoms with Crippen LogP contribution in [0.2, 0.25) is 0 Å². The van der Waals surface area contributed by atoms with Crippen LogP contribution < -0.4 is 0 Å². The van der Waals surface area contributed by atoms with Crippen LogP contribution in [0.4, 0.5) is 5.69 Å². The Bertz CT molecular complexity index is 563. The van der Waals surface area contributed by atoms with E-state index in [0.717, 1.165) is 30.4 Å². The van der Waals surface area contributed by atoms with Crippen LogP contribution >= 0.6 is 0 Å². The van der Waals surface area contributed by atoms with E-state index in [0.29, 0.717) is 13.2 Å². The van der Waals surface area contributed by atoms with E-state index < -0.39 is 0 Å². The number of non-ortho nitro benzene ring substituents is 1. The quantitative estimate of drug-likeness (QED) is 0.436. The highest BCUT2D eigenvalue weighted by molar-refractivity contribution is 5.82. The molecule has 0 saturated carbocycles. The molecular weight excluding hydrogens is 244 g/mol. The summed E-state index contributed by atoms with van der Waals surface area (Å²) in [7, 11) is 0. The van der Waals surface area contributed by atoms with Gasteiger partial charge in [0.05, 0.1) is 17.0 Å². The molecule has 1 aromatic heterocycles. The van der Waals surface area contributed by atoms with Gasteiger partial charge in [-0.15, -0.1) is 0 Å². The van der Waals surface area contributed by atoms with Gasteiger partial charge in [-0.1, -0.05) is 13.3 Å². The predicted octanol–water partition coefficient (Wildman–Crippen LogP) is 3.37. The third-order valence-electron chi connectivity index (χ3n) is 3.09. The van der Waals surface area contributed by atoms with E-state index in [-0.39, 0.29) is 10.6 Å². The molecule has 0 atom stereocenters. The molecule has 0 unspecified atom stereocenters. The molecule has 0 N–H and O–H groups in total. The zero-order chi connectivity index (χ0) is 13.7. The first-order valence-electron chi connectivity index (χ1n) is 6.53. The van der Waals surface area contributed by atoms with E-state index in [2.05, 4.69) is 6.92 Å². The number of ether oxygens (including phenoxy) is 1. The van der Waals surface area contributed by atoms with Crippen molar-refractivity contribution in [2.24, 2.45) is 0 Å². The summed E-state index contributed by atoms with van der Waals surface area (Å²) in [4.78, 5) is 10.4. The Kier molecular flexibility index (Phi) is 4.52. The van der Waals surface area contributed by atoms with Crippen molar-refractivity contribution in [2.75, 3.05) is 13.2 Å². The van der Waals surface area contributed by atoms with Gasteiger partial charge in [0.2, 0.25) is 0 Å². The lowest BCUT2D eigenvalue weighted by Crippen LogP contribution is -2.05. The second-order valence-corrected chi connectivity index (χ2v) is 4.48. The zero-order valence-corrected chi connectivity index (χ0v) is 11.0. The van der Waals surface area contributed by atoms with Gasteiger partial charge in [0.15, 0.2) is 0 Å². The number of benzene rings is 1. The number of aromatic nitrogens is 1. The highest BCUT2D eigenvalue weighted by Gasteiger charge is 2.08. The van der Waals surface area contributed by atoms with Crippen molar-refractivity contribution in [2.45, 2.75) is 26.3 Å². The fraction of sp³-hybridized carbons (Fsp3) is 0.429. The summed E-state index contributed by atoms with van der Waals surface area (Å²) >= 11 is 0. The number of nitro benzene ring substituents is 1. The molecule has 0 aliphatic heterocycles. The SMILES string of the molecule is CCCCOCCn1ccc2ccc([N+](=O)[O-])cc21. The largest absolute Gasteiger partial charge is 0.380 e. The van der Waals surface area contributed by atoms with Gasteiger partial charge in [0.25, 0.3) is 5.69 Å². The summed E-state index contributed by atoms with van der Waals surface area (Å²) in [6, 6.07) is 6.89. The lowest BCUT2D eigenvalue weighted by Gasteiger charge is -2.06. The molecule has 0 amide bonds. The number of hydrogen-bond acceptors (Lipinski definition) is 3. The second kappa shape index (κ2) is 6.33. The van der Waals surface area contributed by atoms with Crippen LogP contribution in [0.3, 0.4) is 0 Å². The number of nitro groups is 1. The summed E-state index contributed by atoms with van der Waals surface area (Å²) in [5.41, 5.74) is 1.01.